The highest BCUT2D eigenvalue weighted by Gasteiger charge is 2.38. The van der Waals surface area contributed by atoms with Crippen molar-refractivity contribution in [2.45, 2.75) is 16.6 Å². The molecule has 23 heteroatoms. The molecule has 0 radical (unpaired) electrons. The number of nitrogens with two attached hydrogens (primary N) is 2. The third-order valence-electron chi connectivity index (χ3n) is 6.51. The Hall–Kier alpha value is -3.98. The second-order valence-corrected chi connectivity index (χ2v) is 15.8. The monoisotopic (exact) mass is 831 g/mol. The van der Waals surface area contributed by atoms with E-state index >= 15 is 0 Å². The lowest BCUT2D eigenvalue weighted by Crippen LogP contribution is -2.26. The molecule has 0 spiro atoms. The van der Waals surface area contributed by atoms with E-state index in [0.717, 1.165) is 18.2 Å². The van der Waals surface area contributed by atoms with Crippen LogP contribution in [0.2, 0.25) is 10.0 Å². The zero-order valence-corrected chi connectivity index (χ0v) is 29.8. The SMILES string of the molecule is N#Cc1ccc(OP(=O)(CNS(=O)(=O)c2cc3c(Cl)c(OCCN)c(OCCN)c(Cl)c3s2)Oc2ccc(C#N)c(C(F)(F)F)c2)cc1C(F)(F)F. The van der Waals surface area contributed by atoms with Crippen LogP contribution in [-0.4, -0.2) is 41.0 Å². The van der Waals surface area contributed by atoms with Crippen molar-refractivity contribution in [3.8, 4) is 35.1 Å². The Morgan fingerprint density at radius 3 is 1.69 bits per heavy atom. The van der Waals surface area contributed by atoms with E-state index in [1.54, 1.807) is 0 Å². The van der Waals surface area contributed by atoms with E-state index in [-0.39, 0.29) is 70.1 Å². The Labute approximate surface area is 304 Å². The van der Waals surface area contributed by atoms with Crippen LogP contribution < -0.4 is 34.7 Å². The van der Waals surface area contributed by atoms with Gasteiger partial charge in [-0.3, -0.25) is 0 Å². The lowest BCUT2D eigenvalue weighted by atomic mass is 10.1. The smallest absolute Gasteiger partial charge is 0.445 e. The van der Waals surface area contributed by atoms with E-state index < -0.39 is 74.2 Å². The average Bonchev–Trinajstić information content (AvgIpc) is 3.55. The van der Waals surface area contributed by atoms with Crippen LogP contribution in [0.1, 0.15) is 22.3 Å². The first kappa shape index (κ1) is 40.8. The Bertz CT molecular complexity index is 2110. The van der Waals surface area contributed by atoms with E-state index in [9.17, 15) is 39.3 Å². The first-order chi connectivity index (χ1) is 24.3. The minimum atomic E-state index is -5.17. The Morgan fingerprint density at radius 1 is 0.808 bits per heavy atom. The summed E-state index contributed by atoms with van der Waals surface area (Å²) in [5.41, 5.74) is 6.27. The fourth-order valence-corrected chi connectivity index (χ4v) is 9.46. The second kappa shape index (κ2) is 15.9. The number of hydrogen-bond donors (Lipinski definition) is 3. The molecule has 0 aliphatic rings. The molecule has 0 atom stereocenters. The van der Waals surface area contributed by atoms with E-state index in [1.807, 2.05) is 4.72 Å². The van der Waals surface area contributed by atoms with Gasteiger partial charge >= 0.3 is 19.9 Å². The third-order valence-corrected chi connectivity index (χ3v) is 12.1. The van der Waals surface area contributed by atoms with Crippen molar-refractivity contribution in [1.29, 1.82) is 10.5 Å². The van der Waals surface area contributed by atoms with Crippen LogP contribution in [0, 0.1) is 22.7 Å². The van der Waals surface area contributed by atoms with Gasteiger partial charge in [0.05, 0.1) is 44.1 Å². The lowest BCUT2D eigenvalue weighted by molar-refractivity contribution is -0.138. The molecule has 278 valence electrons. The number of fused-ring (bicyclic) bond motifs is 1. The van der Waals surface area contributed by atoms with E-state index in [1.165, 1.54) is 12.1 Å². The molecule has 0 aliphatic carbocycles. The van der Waals surface area contributed by atoms with E-state index in [0.29, 0.717) is 23.5 Å². The fraction of sp³-hybridized carbons (Fsp3) is 0.241. The maximum atomic E-state index is 14.1. The molecule has 0 amide bonds. The van der Waals surface area contributed by atoms with Gasteiger partial charge in [-0.15, -0.1) is 11.3 Å². The zero-order valence-electron chi connectivity index (χ0n) is 25.8. The summed E-state index contributed by atoms with van der Waals surface area (Å²) in [6.07, 6.45) is -11.6. The Balaban J connectivity index is 1.78. The summed E-state index contributed by atoms with van der Waals surface area (Å²) in [5.74, 6) is -1.84. The summed E-state index contributed by atoms with van der Waals surface area (Å²) in [4.78, 5) is 0. The number of thiophene rings is 1. The molecule has 4 rings (SSSR count). The van der Waals surface area contributed by atoms with Crippen molar-refractivity contribution in [1.82, 2.24) is 4.72 Å². The molecule has 52 heavy (non-hydrogen) atoms. The number of sulfonamides is 1. The van der Waals surface area contributed by atoms with Gasteiger partial charge in [0, 0.05) is 18.5 Å². The van der Waals surface area contributed by atoms with Gasteiger partial charge in [0.1, 0.15) is 40.2 Å². The third kappa shape index (κ3) is 9.14. The van der Waals surface area contributed by atoms with E-state index in [2.05, 4.69) is 0 Å². The zero-order chi connectivity index (χ0) is 38.6. The minimum Gasteiger partial charge on any atom is -0.487 e. The first-order valence-electron chi connectivity index (χ1n) is 14.1. The predicted molar refractivity (Wildman–Crippen MR) is 177 cm³/mol. The molecule has 0 unspecified atom stereocenters. The first-order valence-corrected chi connectivity index (χ1v) is 18.9. The molecule has 0 bridgehead atoms. The number of nitrogens with zero attached hydrogens (tertiary/aromatic N) is 2. The Morgan fingerprint density at radius 2 is 1.27 bits per heavy atom. The number of halogens is 8. The molecule has 0 fully saturated rings. The highest BCUT2D eigenvalue weighted by Crippen LogP contribution is 2.52. The summed E-state index contributed by atoms with van der Waals surface area (Å²) in [7, 11) is -9.93. The minimum absolute atomic E-state index is 0.0404. The molecule has 0 saturated heterocycles. The van der Waals surface area contributed by atoms with E-state index in [4.69, 9.17) is 63.7 Å². The van der Waals surface area contributed by atoms with Crippen LogP contribution in [0.5, 0.6) is 23.0 Å². The summed E-state index contributed by atoms with van der Waals surface area (Å²) < 4.78 is 146. The van der Waals surface area contributed by atoms with Gasteiger partial charge in [-0.2, -0.15) is 41.6 Å². The van der Waals surface area contributed by atoms with Gasteiger partial charge in [0.15, 0.2) is 11.5 Å². The van der Waals surface area contributed by atoms with Crippen molar-refractivity contribution >= 4 is 62.2 Å². The standard InChI is InChI=1S/C29H22Cl2F6N5O7PS2/c30-23-19-11-22(51-27(19)24(31)26(47-8-6-39)25(23)46-7-5-38)52(44,45)42-14-50(43,48-17-3-1-15(12-40)20(9-17)28(32,33)34)49-18-4-2-16(13-41)21(10-18)29(35,36)37/h1-4,9-11,42H,5-8,14,38-39H2. The predicted octanol–water partition coefficient (Wildman–Crippen LogP) is 7.25. The fourth-order valence-electron chi connectivity index (χ4n) is 4.30. The van der Waals surface area contributed by atoms with Crippen molar-refractivity contribution in [2.75, 3.05) is 32.6 Å². The molecule has 5 N–H and O–H groups in total. The van der Waals surface area contributed by atoms with Crippen LogP contribution in [0.15, 0.2) is 46.7 Å². The van der Waals surface area contributed by atoms with Crippen LogP contribution in [0.4, 0.5) is 26.3 Å². The van der Waals surface area contributed by atoms with Crippen LogP contribution in [0.25, 0.3) is 10.1 Å². The largest absolute Gasteiger partial charge is 0.487 e. The summed E-state index contributed by atoms with van der Waals surface area (Å²) in [6.45, 7) is 0.0293. The maximum absolute atomic E-state index is 14.1. The number of nitriles is 2. The van der Waals surface area contributed by atoms with Gasteiger partial charge in [-0.25, -0.2) is 13.0 Å². The molecular weight excluding hydrogens is 810 g/mol. The van der Waals surface area contributed by atoms with Crippen LogP contribution in [0.3, 0.4) is 0 Å². The van der Waals surface area contributed by atoms with Gasteiger partial charge in [0.25, 0.3) is 10.0 Å². The number of alkyl halides is 6. The summed E-state index contributed by atoms with van der Waals surface area (Å²) in [5, 5.41) is 18.0. The number of ether oxygens (including phenoxy) is 2. The number of benzene rings is 3. The molecule has 1 heterocycles. The summed E-state index contributed by atoms with van der Waals surface area (Å²) in [6, 6.07) is 7.15. The van der Waals surface area contributed by atoms with Gasteiger partial charge in [-0.1, -0.05) is 23.2 Å². The molecule has 4 aromatic rings. The molecule has 0 aliphatic heterocycles. The lowest BCUT2D eigenvalue weighted by Gasteiger charge is -2.22. The molecule has 1 aromatic heterocycles. The Kier molecular flexibility index (Phi) is 12.5. The van der Waals surface area contributed by atoms with Crippen molar-refractivity contribution in [3.63, 3.8) is 0 Å². The quantitative estimate of drug-likeness (QED) is 0.0854. The second-order valence-electron chi connectivity index (χ2n) is 10.1. The van der Waals surface area contributed by atoms with Crippen LogP contribution in [-0.2, 0) is 26.9 Å². The number of hydrogen-bond acceptors (Lipinski definition) is 12. The highest BCUT2D eigenvalue weighted by molar-refractivity contribution is 7.92. The van der Waals surface area contributed by atoms with Crippen molar-refractivity contribution < 1.29 is 57.8 Å². The number of nitrogens with one attached hydrogen (secondary N) is 1. The maximum Gasteiger partial charge on any atom is 0.445 e. The molecule has 0 saturated carbocycles. The van der Waals surface area contributed by atoms with Gasteiger partial charge in [0.2, 0.25) is 0 Å². The van der Waals surface area contributed by atoms with Crippen LogP contribution >= 0.6 is 42.1 Å². The average molecular weight is 833 g/mol. The molecular formula is C29H22Cl2F6N5O7PS2. The molecule has 3 aromatic carbocycles. The summed E-state index contributed by atoms with van der Waals surface area (Å²) >= 11 is 13.6. The van der Waals surface area contributed by atoms with Gasteiger partial charge in [-0.05, 0) is 42.5 Å². The highest BCUT2D eigenvalue weighted by atomic mass is 35.5. The van der Waals surface area contributed by atoms with Gasteiger partial charge < -0.3 is 30.0 Å². The normalized spacial score (nSPS) is 12.3. The molecule has 12 nitrogen and oxygen atoms in total. The van der Waals surface area contributed by atoms with Crippen molar-refractivity contribution in [2.24, 2.45) is 11.5 Å². The van der Waals surface area contributed by atoms with Crippen molar-refractivity contribution in [3.05, 3.63) is 74.8 Å². The number of rotatable bonds is 14. The topological polar surface area (TPSA) is 200 Å².